The molecule has 0 saturated carbocycles. The van der Waals surface area contributed by atoms with Gasteiger partial charge in [-0.05, 0) is 33.2 Å². The zero-order valence-electron chi connectivity index (χ0n) is 11.4. The van der Waals surface area contributed by atoms with E-state index in [1.165, 1.54) is 0 Å². The summed E-state index contributed by atoms with van der Waals surface area (Å²) in [5.74, 6) is 1.12. The molecule has 0 aromatic carbocycles. The van der Waals surface area contributed by atoms with Crippen LogP contribution in [0, 0.1) is 0 Å². The monoisotopic (exact) mass is 239 g/mol. The standard InChI is InChI=1S/C13H25N3O/c1-5-7-14-12(10-11(3)17-4)13-15-8-9-16(13)6-2/h8-9,11-12,14H,5-7,10H2,1-4H3. The van der Waals surface area contributed by atoms with Gasteiger partial charge in [-0.25, -0.2) is 4.98 Å². The molecule has 0 amide bonds. The molecule has 0 aliphatic carbocycles. The van der Waals surface area contributed by atoms with Gasteiger partial charge in [0.05, 0.1) is 12.1 Å². The number of rotatable bonds is 8. The number of hydrogen-bond donors (Lipinski definition) is 1. The van der Waals surface area contributed by atoms with Crippen LogP contribution in [0.5, 0.6) is 0 Å². The maximum Gasteiger partial charge on any atom is 0.125 e. The van der Waals surface area contributed by atoms with Crippen LogP contribution in [-0.2, 0) is 11.3 Å². The SMILES string of the molecule is CCCNC(CC(C)OC)c1nccn1CC. The smallest absolute Gasteiger partial charge is 0.125 e. The molecule has 0 saturated heterocycles. The van der Waals surface area contributed by atoms with E-state index < -0.39 is 0 Å². The number of hydrogen-bond acceptors (Lipinski definition) is 3. The summed E-state index contributed by atoms with van der Waals surface area (Å²) in [4.78, 5) is 4.47. The van der Waals surface area contributed by atoms with Gasteiger partial charge in [0.2, 0.25) is 0 Å². The Morgan fingerprint density at radius 2 is 2.24 bits per heavy atom. The van der Waals surface area contributed by atoms with Gasteiger partial charge in [-0.3, -0.25) is 0 Å². The van der Waals surface area contributed by atoms with Crippen molar-refractivity contribution in [3.63, 3.8) is 0 Å². The number of imidazole rings is 1. The normalized spacial score (nSPS) is 14.8. The summed E-state index contributed by atoms with van der Waals surface area (Å²) < 4.78 is 7.55. The molecule has 0 aliphatic rings. The fourth-order valence-electron chi connectivity index (χ4n) is 1.92. The van der Waals surface area contributed by atoms with Crippen molar-refractivity contribution in [3.8, 4) is 0 Å². The molecule has 1 heterocycles. The first-order valence-electron chi connectivity index (χ1n) is 6.50. The van der Waals surface area contributed by atoms with Crippen molar-refractivity contribution in [1.82, 2.24) is 14.9 Å². The average Bonchev–Trinajstić information content (AvgIpc) is 2.82. The summed E-state index contributed by atoms with van der Waals surface area (Å²) in [6, 6.07) is 0.278. The molecule has 4 heteroatoms. The van der Waals surface area contributed by atoms with Crippen LogP contribution >= 0.6 is 0 Å². The van der Waals surface area contributed by atoms with Crippen LogP contribution < -0.4 is 5.32 Å². The highest BCUT2D eigenvalue weighted by molar-refractivity contribution is 5.00. The molecule has 0 bridgehead atoms. The van der Waals surface area contributed by atoms with E-state index in [0.717, 1.165) is 31.8 Å². The molecule has 1 N–H and O–H groups in total. The van der Waals surface area contributed by atoms with Crippen molar-refractivity contribution in [2.45, 2.75) is 52.3 Å². The predicted molar refractivity (Wildman–Crippen MR) is 70.0 cm³/mol. The highest BCUT2D eigenvalue weighted by Gasteiger charge is 2.18. The number of aromatic nitrogens is 2. The van der Waals surface area contributed by atoms with E-state index in [1.54, 1.807) is 7.11 Å². The van der Waals surface area contributed by atoms with E-state index in [1.807, 2.05) is 12.4 Å². The third-order valence-corrected chi connectivity index (χ3v) is 3.01. The largest absolute Gasteiger partial charge is 0.382 e. The first-order valence-corrected chi connectivity index (χ1v) is 6.50. The minimum atomic E-state index is 0.242. The van der Waals surface area contributed by atoms with Gasteiger partial charge in [-0.1, -0.05) is 6.92 Å². The van der Waals surface area contributed by atoms with E-state index in [-0.39, 0.29) is 12.1 Å². The Morgan fingerprint density at radius 1 is 1.47 bits per heavy atom. The van der Waals surface area contributed by atoms with Crippen molar-refractivity contribution < 1.29 is 4.74 Å². The summed E-state index contributed by atoms with van der Waals surface area (Å²) in [5, 5.41) is 3.55. The third-order valence-electron chi connectivity index (χ3n) is 3.01. The molecule has 0 aliphatic heterocycles. The van der Waals surface area contributed by atoms with Gasteiger partial charge in [0.1, 0.15) is 5.82 Å². The van der Waals surface area contributed by atoms with Gasteiger partial charge in [0.15, 0.2) is 0 Å². The lowest BCUT2D eigenvalue weighted by Crippen LogP contribution is -2.28. The van der Waals surface area contributed by atoms with Crippen LogP contribution in [0.4, 0.5) is 0 Å². The maximum absolute atomic E-state index is 5.36. The average molecular weight is 239 g/mol. The zero-order valence-corrected chi connectivity index (χ0v) is 11.4. The van der Waals surface area contributed by atoms with Crippen molar-refractivity contribution in [1.29, 1.82) is 0 Å². The molecule has 1 rings (SSSR count). The van der Waals surface area contributed by atoms with E-state index in [0.29, 0.717) is 0 Å². The highest BCUT2D eigenvalue weighted by atomic mass is 16.5. The summed E-state index contributed by atoms with van der Waals surface area (Å²) >= 11 is 0. The van der Waals surface area contributed by atoms with Crippen LogP contribution in [0.3, 0.4) is 0 Å². The highest BCUT2D eigenvalue weighted by Crippen LogP contribution is 2.18. The van der Waals surface area contributed by atoms with Crippen LogP contribution in [0.25, 0.3) is 0 Å². The molecule has 0 fully saturated rings. The molecule has 2 atom stereocenters. The van der Waals surface area contributed by atoms with E-state index in [2.05, 4.69) is 35.6 Å². The summed E-state index contributed by atoms with van der Waals surface area (Å²) in [7, 11) is 1.76. The quantitative estimate of drug-likeness (QED) is 0.757. The molecule has 0 radical (unpaired) electrons. The van der Waals surface area contributed by atoms with Crippen molar-refractivity contribution in [2.24, 2.45) is 0 Å². The molecule has 0 spiro atoms. The van der Waals surface area contributed by atoms with Gasteiger partial charge in [0.25, 0.3) is 0 Å². The minimum Gasteiger partial charge on any atom is -0.382 e. The lowest BCUT2D eigenvalue weighted by molar-refractivity contribution is 0.0989. The number of nitrogens with zero attached hydrogens (tertiary/aromatic N) is 2. The van der Waals surface area contributed by atoms with Crippen LogP contribution in [0.2, 0.25) is 0 Å². The fraction of sp³-hybridized carbons (Fsp3) is 0.769. The second kappa shape index (κ2) is 7.45. The summed E-state index contributed by atoms with van der Waals surface area (Å²) in [6.45, 7) is 8.39. The number of aryl methyl sites for hydroxylation is 1. The fourth-order valence-corrected chi connectivity index (χ4v) is 1.92. The van der Waals surface area contributed by atoms with Gasteiger partial charge in [-0.15, -0.1) is 0 Å². The third kappa shape index (κ3) is 4.13. The van der Waals surface area contributed by atoms with E-state index in [4.69, 9.17) is 4.74 Å². The van der Waals surface area contributed by atoms with E-state index >= 15 is 0 Å². The molecule has 98 valence electrons. The minimum absolute atomic E-state index is 0.242. The lowest BCUT2D eigenvalue weighted by atomic mass is 10.1. The van der Waals surface area contributed by atoms with Crippen molar-refractivity contribution in [2.75, 3.05) is 13.7 Å². The van der Waals surface area contributed by atoms with Crippen LogP contribution in [0.15, 0.2) is 12.4 Å². The van der Waals surface area contributed by atoms with Crippen LogP contribution in [0.1, 0.15) is 45.5 Å². The summed E-state index contributed by atoms with van der Waals surface area (Å²) in [6.07, 6.45) is 6.23. The van der Waals surface area contributed by atoms with Crippen molar-refractivity contribution >= 4 is 0 Å². The Bertz CT molecular complexity index is 311. The van der Waals surface area contributed by atoms with Gasteiger partial charge < -0.3 is 14.6 Å². The Kier molecular flexibility index (Phi) is 6.22. The Labute approximate surface area is 104 Å². The van der Waals surface area contributed by atoms with Gasteiger partial charge in [0, 0.05) is 26.0 Å². The first-order chi connectivity index (χ1) is 8.22. The predicted octanol–water partition coefficient (Wildman–Crippen LogP) is 2.37. The Hall–Kier alpha value is -0.870. The molecule has 4 nitrogen and oxygen atoms in total. The summed E-state index contributed by atoms with van der Waals surface area (Å²) in [5.41, 5.74) is 0. The molecular weight excluding hydrogens is 214 g/mol. The van der Waals surface area contributed by atoms with E-state index in [9.17, 15) is 0 Å². The molecule has 1 aromatic heterocycles. The number of ether oxygens (including phenoxy) is 1. The Morgan fingerprint density at radius 3 is 2.82 bits per heavy atom. The van der Waals surface area contributed by atoms with Gasteiger partial charge in [-0.2, -0.15) is 0 Å². The molecule has 17 heavy (non-hydrogen) atoms. The topological polar surface area (TPSA) is 39.1 Å². The van der Waals surface area contributed by atoms with Gasteiger partial charge >= 0.3 is 0 Å². The van der Waals surface area contributed by atoms with Crippen LogP contribution in [-0.4, -0.2) is 29.3 Å². The molecule has 1 aromatic rings. The maximum atomic E-state index is 5.36. The van der Waals surface area contributed by atoms with Crippen molar-refractivity contribution in [3.05, 3.63) is 18.2 Å². The second-order valence-electron chi connectivity index (χ2n) is 4.36. The number of methoxy groups -OCH3 is 1. The second-order valence-corrected chi connectivity index (χ2v) is 4.36. The lowest BCUT2D eigenvalue weighted by Gasteiger charge is -2.22. The first kappa shape index (κ1) is 14.2. The number of nitrogens with one attached hydrogen (secondary N) is 1. The zero-order chi connectivity index (χ0) is 12.7. The molecule has 2 unspecified atom stereocenters. The molecular formula is C13H25N3O. The Balaban J connectivity index is 2.74.